The average molecular weight is 194 g/mol. The summed E-state index contributed by atoms with van der Waals surface area (Å²) < 4.78 is 5.09. The Morgan fingerprint density at radius 3 is 2.71 bits per heavy atom. The van der Waals surface area contributed by atoms with Crippen LogP contribution in [0.1, 0.15) is 25.3 Å². The largest absolute Gasteiger partial charge is 0.481 e. The predicted octanol–water partition coefficient (Wildman–Crippen LogP) is 1.80. The van der Waals surface area contributed by atoms with Crippen LogP contribution in [0, 0.1) is 0 Å². The van der Waals surface area contributed by atoms with Gasteiger partial charge >= 0.3 is 0 Å². The third-order valence-corrected chi connectivity index (χ3v) is 2.70. The number of methoxy groups -OCH3 is 1. The van der Waals surface area contributed by atoms with Crippen molar-refractivity contribution in [2.24, 2.45) is 0 Å². The van der Waals surface area contributed by atoms with E-state index in [0.717, 1.165) is 0 Å². The number of likely N-dealkylation sites (N-methyl/N-ethyl adjacent to an activating group) is 1. The molecule has 14 heavy (non-hydrogen) atoms. The number of nitrogens with zero attached hydrogens (tertiary/aromatic N) is 1. The minimum atomic E-state index is 0.446. The van der Waals surface area contributed by atoms with Gasteiger partial charge in [0.2, 0.25) is 5.88 Å². The van der Waals surface area contributed by atoms with Crippen LogP contribution in [-0.4, -0.2) is 25.2 Å². The quantitative estimate of drug-likeness (QED) is 0.793. The highest BCUT2D eigenvalue weighted by Gasteiger charge is 2.12. The van der Waals surface area contributed by atoms with Gasteiger partial charge in [-0.1, -0.05) is 6.92 Å². The van der Waals surface area contributed by atoms with Crippen molar-refractivity contribution in [2.75, 3.05) is 14.2 Å². The lowest BCUT2D eigenvalue weighted by Crippen LogP contribution is -2.27. The molecule has 0 aromatic carbocycles. The fourth-order valence-electron chi connectivity index (χ4n) is 1.36. The smallest absolute Gasteiger partial charge is 0.213 e. The maximum atomic E-state index is 5.09. The van der Waals surface area contributed by atoms with Gasteiger partial charge in [0.25, 0.3) is 0 Å². The van der Waals surface area contributed by atoms with Crippen LogP contribution in [0.4, 0.5) is 0 Å². The highest BCUT2D eigenvalue weighted by atomic mass is 16.5. The summed E-state index contributed by atoms with van der Waals surface area (Å²) in [6, 6.07) is 4.46. The number of aromatic nitrogens is 1. The Morgan fingerprint density at radius 1 is 1.43 bits per heavy atom. The molecule has 0 spiro atoms. The van der Waals surface area contributed by atoms with E-state index in [2.05, 4.69) is 24.1 Å². The molecule has 3 nitrogen and oxygen atoms in total. The van der Waals surface area contributed by atoms with Gasteiger partial charge in [0.1, 0.15) is 0 Å². The molecule has 0 bridgehead atoms. The van der Waals surface area contributed by atoms with Crippen molar-refractivity contribution >= 4 is 0 Å². The average Bonchev–Trinajstić information content (AvgIpc) is 2.27. The van der Waals surface area contributed by atoms with Gasteiger partial charge in [0.05, 0.1) is 7.11 Å². The van der Waals surface area contributed by atoms with E-state index in [1.54, 1.807) is 13.3 Å². The monoisotopic (exact) mass is 194 g/mol. The normalized spacial score (nSPS) is 14.9. The Morgan fingerprint density at radius 2 is 2.14 bits per heavy atom. The molecule has 3 heteroatoms. The Kier molecular flexibility index (Phi) is 3.89. The molecule has 78 valence electrons. The van der Waals surface area contributed by atoms with Gasteiger partial charge in [0, 0.05) is 18.3 Å². The van der Waals surface area contributed by atoms with E-state index in [-0.39, 0.29) is 0 Å². The molecule has 0 amide bonds. The Hall–Kier alpha value is -1.09. The van der Waals surface area contributed by atoms with E-state index in [4.69, 9.17) is 4.74 Å². The van der Waals surface area contributed by atoms with Crippen LogP contribution in [0.25, 0.3) is 0 Å². The summed E-state index contributed by atoms with van der Waals surface area (Å²) in [5.74, 6) is 1.13. The lowest BCUT2D eigenvalue weighted by Gasteiger charge is -2.19. The van der Waals surface area contributed by atoms with Gasteiger partial charge in [-0.05, 0) is 31.5 Å². The second-order valence-corrected chi connectivity index (χ2v) is 3.50. The van der Waals surface area contributed by atoms with E-state index in [0.29, 0.717) is 17.8 Å². The van der Waals surface area contributed by atoms with Crippen LogP contribution >= 0.6 is 0 Å². The van der Waals surface area contributed by atoms with Crippen molar-refractivity contribution in [3.63, 3.8) is 0 Å². The number of nitrogens with one attached hydrogen (secondary N) is 1. The van der Waals surface area contributed by atoms with E-state index in [1.165, 1.54) is 5.56 Å². The van der Waals surface area contributed by atoms with Crippen molar-refractivity contribution in [1.29, 1.82) is 0 Å². The van der Waals surface area contributed by atoms with E-state index in [1.807, 2.05) is 19.2 Å². The van der Waals surface area contributed by atoms with E-state index >= 15 is 0 Å². The minimum Gasteiger partial charge on any atom is -0.481 e. The molecule has 2 atom stereocenters. The Labute approximate surface area is 85.5 Å². The minimum absolute atomic E-state index is 0.446. The lowest BCUT2D eigenvalue weighted by molar-refractivity contribution is 0.396. The predicted molar refractivity (Wildman–Crippen MR) is 57.7 cm³/mol. The van der Waals surface area contributed by atoms with Crippen molar-refractivity contribution in [3.8, 4) is 5.88 Å². The molecule has 0 aliphatic rings. The van der Waals surface area contributed by atoms with Crippen molar-refractivity contribution in [2.45, 2.75) is 25.8 Å². The van der Waals surface area contributed by atoms with Crippen LogP contribution in [-0.2, 0) is 0 Å². The number of ether oxygens (including phenoxy) is 1. The van der Waals surface area contributed by atoms with Crippen LogP contribution in [0.5, 0.6) is 5.88 Å². The maximum Gasteiger partial charge on any atom is 0.213 e. The maximum absolute atomic E-state index is 5.09. The summed E-state index contributed by atoms with van der Waals surface area (Å²) in [5.41, 5.74) is 1.25. The molecular weight excluding hydrogens is 176 g/mol. The van der Waals surface area contributed by atoms with Gasteiger partial charge in [-0.25, -0.2) is 4.98 Å². The summed E-state index contributed by atoms with van der Waals surface area (Å²) in [4.78, 5) is 4.08. The molecule has 0 aliphatic carbocycles. The summed E-state index contributed by atoms with van der Waals surface area (Å²) in [7, 11) is 3.61. The fraction of sp³-hybridized carbons (Fsp3) is 0.545. The van der Waals surface area contributed by atoms with E-state index in [9.17, 15) is 0 Å². The first kappa shape index (κ1) is 11.0. The summed E-state index contributed by atoms with van der Waals surface area (Å²) >= 11 is 0. The van der Waals surface area contributed by atoms with Gasteiger partial charge in [-0.15, -0.1) is 0 Å². The Balaban J connectivity index is 2.83. The number of pyridine rings is 1. The van der Waals surface area contributed by atoms with Crippen LogP contribution in [0.3, 0.4) is 0 Å². The summed E-state index contributed by atoms with van der Waals surface area (Å²) in [5, 5.41) is 3.24. The van der Waals surface area contributed by atoms with Crippen molar-refractivity contribution < 1.29 is 4.74 Å². The topological polar surface area (TPSA) is 34.2 Å². The van der Waals surface area contributed by atoms with Gasteiger partial charge in [-0.2, -0.15) is 0 Å². The molecule has 1 N–H and O–H groups in total. The summed E-state index contributed by atoms with van der Waals surface area (Å²) in [6.07, 6.45) is 1.78. The van der Waals surface area contributed by atoms with E-state index < -0.39 is 0 Å². The lowest BCUT2D eigenvalue weighted by atomic mass is 9.95. The highest BCUT2D eigenvalue weighted by Crippen LogP contribution is 2.21. The molecule has 1 aromatic rings. The van der Waals surface area contributed by atoms with Gasteiger partial charge in [0.15, 0.2) is 0 Å². The second kappa shape index (κ2) is 4.96. The molecule has 0 saturated heterocycles. The first-order valence-corrected chi connectivity index (χ1v) is 4.86. The van der Waals surface area contributed by atoms with Crippen LogP contribution in [0.2, 0.25) is 0 Å². The molecule has 0 aliphatic heterocycles. The zero-order valence-electron chi connectivity index (χ0n) is 9.24. The molecule has 1 aromatic heterocycles. The second-order valence-electron chi connectivity index (χ2n) is 3.50. The van der Waals surface area contributed by atoms with Gasteiger partial charge in [-0.3, -0.25) is 0 Å². The van der Waals surface area contributed by atoms with Crippen molar-refractivity contribution in [3.05, 3.63) is 23.9 Å². The molecule has 2 unspecified atom stereocenters. The molecular formula is C11H18N2O. The zero-order valence-corrected chi connectivity index (χ0v) is 9.24. The summed E-state index contributed by atoms with van der Waals surface area (Å²) in [6.45, 7) is 4.35. The van der Waals surface area contributed by atoms with Gasteiger partial charge < -0.3 is 10.1 Å². The number of rotatable bonds is 4. The van der Waals surface area contributed by atoms with Crippen molar-refractivity contribution in [1.82, 2.24) is 10.3 Å². The molecule has 1 rings (SSSR count). The van der Waals surface area contributed by atoms with Crippen LogP contribution in [0.15, 0.2) is 18.3 Å². The zero-order chi connectivity index (χ0) is 10.6. The molecule has 0 fully saturated rings. The third kappa shape index (κ3) is 2.45. The molecule has 1 heterocycles. The SMILES string of the molecule is CNC(C)C(C)c1ccnc(OC)c1. The fourth-order valence-corrected chi connectivity index (χ4v) is 1.36. The first-order chi connectivity index (χ1) is 6.69. The number of hydrogen-bond acceptors (Lipinski definition) is 3. The molecule has 0 saturated carbocycles. The highest BCUT2D eigenvalue weighted by molar-refractivity contribution is 5.24. The molecule has 0 radical (unpaired) electrons. The third-order valence-electron chi connectivity index (χ3n) is 2.70. The Bertz CT molecular complexity index is 288. The van der Waals surface area contributed by atoms with Crippen LogP contribution < -0.4 is 10.1 Å². The first-order valence-electron chi connectivity index (χ1n) is 4.86. The standard InChI is InChI=1S/C11H18N2O/c1-8(9(2)12-3)10-5-6-13-11(7-10)14-4/h5-9,12H,1-4H3. The number of hydrogen-bond donors (Lipinski definition) is 1.